The van der Waals surface area contributed by atoms with Crippen molar-refractivity contribution in [3.63, 3.8) is 0 Å². The fraction of sp³-hybridized carbons (Fsp3) is 0.625. The minimum Gasteiger partial charge on any atom is -0.375 e. The Hall–Kier alpha value is -1.03. The maximum Gasteiger partial charge on any atom is 0.200 e. The molecule has 0 atom stereocenters. The van der Waals surface area contributed by atoms with Gasteiger partial charge in [-0.1, -0.05) is 0 Å². The fourth-order valence-electron chi connectivity index (χ4n) is 1.64. The second kappa shape index (κ2) is 2.79. The molecule has 1 aromatic rings. The van der Waals surface area contributed by atoms with Gasteiger partial charge in [-0.05, 0) is 6.92 Å². The molecule has 0 fully saturated rings. The van der Waals surface area contributed by atoms with E-state index < -0.39 is 0 Å². The Labute approximate surface area is 71.3 Å². The summed E-state index contributed by atoms with van der Waals surface area (Å²) in [5.41, 5.74) is 7.99. The highest BCUT2D eigenvalue weighted by atomic mass is 16.5. The first-order valence-electron chi connectivity index (χ1n) is 4.24. The number of nitrogens with zero attached hydrogens (tertiary/aromatic N) is 2. The Balaban J connectivity index is 2.46. The molecule has 4 nitrogen and oxygen atoms in total. The molecule has 4 heteroatoms. The highest BCUT2D eigenvalue weighted by Crippen LogP contribution is 2.19. The first kappa shape index (κ1) is 7.61. The lowest BCUT2D eigenvalue weighted by molar-refractivity contribution is 0.106. The number of hydrogen-bond acceptors (Lipinski definition) is 3. The van der Waals surface area contributed by atoms with Crippen LogP contribution in [0.5, 0.6) is 0 Å². The third kappa shape index (κ3) is 0.992. The summed E-state index contributed by atoms with van der Waals surface area (Å²) >= 11 is 0. The first-order valence-corrected chi connectivity index (χ1v) is 4.24. The zero-order valence-corrected chi connectivity index (χ0v) is 7.21. The maximum atomic E-state index is 5.73. The molecule has 0 saturated heterocycles. The highest BCUT2D eigenvalue weighted by molar-refractivity contribution is 5.30. The van der Waals surface area contributed by atoms with Crippen molar-refractivity contribution in [2.24, 2.45) is 0 Å². The van der Waals surface area contributed by atoms with Crippen LogP contribution in [0.3, 0.4) is 0 Å². The lowest BCUT2D eigenvalue weighted by atomic mass is 10.2. The molecule has 0 radical (unpaired) electrons. The smallest absolute Gasteiger partial charge is 0.200 e. The number of fused-ring (bicyclic) bond motifs is 1. The standard InChI is InChI=1S/C8H13N3O/c1-2-11-7-3-4-12-5-6(7)10-8(11)9/h2-5H2,1H3,(H2,9,10). The zero-order valence-electron chi connectivity index (χ0n) is 7.21. The summed E-state index contributed by atoms with van der Waals surface area (Å²) in [6, 6.07) is 0. The van der Waals surface area contributed by atoms with E-state index in [0.717, 1.165) is 25.3 Å². The van der Waals surface area contributed by atoms with Crippen LogP contribution in [0.2, 0.25) is 0 Å². The van der Waals surface area contributed by atoms with E-state index >= 15 is 0 Å². The van der Waals surface area contributed by atoms with E-state index in [4.69, 9.17) is 10.5 Å². The van der Waals surface area contributed by atoms with E-state index in [9.17, 15) is 0 Å². The van der Waals surface area contributed by atoms with Crippen LogP contribution in [0.4, 0.5) is 5.95 Å². The normalized spacial score (nSPS) is 16.1. The second-order valence-electron chi connectivity index (χ2n) is 2.91. The van der Waals surface area contributed by atoms with E-state index in [0.29, 0.717) is 12.6 Å². The molecule has 0 aliphatic carbocycles. The average molecular weight is 167 g/mol. The number of hydrogen-bond donors (Lipinski definition) is 1. The average Bonchev–Trinajstić information content (AvgIpc) is 2.40. The van der Waals surface area contributed by atoms with Gasteiger partial charge in [0.25, 0.3) is 0 Å². The van der Waals surface area contributed by atoms with E-state index in [2.05, 4.69) is 16.5 Å². The van der Waals surface area contributed by atoms with E-state index in [1.807, 2.05) is 0 Å². The Morgan fingerprint density at radius 3 is 3.25 bits per heavy atom. The number of nitrogen functional groups attached to an aromatic ring is 1. The molecule has 0 saturated carbocycles. The molecule has 2 heterocycles. The minimum atomic E-state index is 0.618. The predicted molar refractivity (Wildman–Crippen MR) is 45.7 cm³/mol. The van der Waals surface area contributed by atoms with Gasteiger partial charge >= 0.3 is 0 Å². The van der Waals surface area contributed by atoms with Gasteiger partial charge in [0.05, 0.1) is 18.9 Å². The summed E-state index contributed by atoms with van der Waals surface area (Å²) in [5.74, 6) is 0.619. The Bertz CT molecular complexity index is 293. The topological polar surface area (TPSA) is 53.1 Å². The first-order chi connectivity index (χ1) is 5.83. The zero-order chi connectivity index (χ0) is 8.55. The summed E-state index contributed by atoms with van der Waals surface area (Å²) in [7, 11) is 0. The molecule has 0 spiro atoms. The third-order valence-electron chi connectivity index (χ3n) is 2.22. The number of nitrogens with two attached hydrogens (primary N) is 1. The van der Waals surface area contributed by atoms with Crippen LogP contribution in [0.1, 0.15) is 18.3 Å². The van der Waals surface area contributed by atoms with Crippen LogP contribution < -0.4 is 5.73 Å². The summed E-state index contributed by atoms with van der Waals surface area (Å²) in [6.45, 7) is 4.38. The van der Waals surface area contributed by atoms with Crippen LogP contribution in [-0.2, 0) is 24.3 Å². The second-order valence-corrected chi connectivity index (χ2v) is 2.91. The van der Waals surface area contributed by atoms with Crippen LogP contribution >= 0.6 is 0 Å². The molecule has 1 aromatic heterocycles. The van der Waals surface area contributed by atoms with Gasteiger partial charge < -0.3 is 15.0 Å². The van der Waals surface area contributed by atoms with Crippen LogP contribution in [0.25, 0.3) is 0 Å². The molecule has 0 bridgehead atoms. The molecule has 0 aromatic carbocycles. The summed E-state index contributed by atoms with van der Waals surface area (Å²) in [4.78, 5) is 4.24. The largest absolute Gasteiger partial charge is 0.375 e. The van der Waals surface area contributed by atoms with Crippen molar-refractivity contribution < 1.29 is 4.74 Å². The van der Waals surface area contributed by atoms with E-state index in [1.54, 1.807) is 0 Å². The highest BCUT2D eigenvalue weighted by Gasteiger charge is 2.17. The summed E-state index contributed by atoms with van der Waals surface area (Å²) in [5, 5.41) is 0. The van der Waals surface area contributed by atoms with Crippen molar-refractivity contribution in [2.75, 3.05) is 12.3 Å². The number of rotatable bonds is 1. The van der Waals surface area contributed by atoms with Gasteiger partial charge in [0.15, 0.2) is 0 Å². The molecular weight excluding hydrogens is 154 g/mol. The molecule has 1 aliphatic heterocycles. The third-order valence-corrected chi connectivity index (χ3v) is 2.22. The van der Waals surface area contributed by atoms with Gasteiger partial charge in [0.1, 0.15) is 0 Å². The van der Waals surface area contributed by atoms with Crippen molar-refractivity contribution in [1.82, 2.24) is 9.55 Å². The number of aromatic nitrogens is 2. The van der Waals surface area contributed by atoms with Crippen LogP contribution in [0.15, 0.2) is 0 Å². The Morgan fingerprint density at radius 2 is 2.50 bits per heavy atom. The molecule has 2 N–H and O–H groups in total. The quantitative estimate of drug-likeness (QED) is 0.664. The summed E-state index contributed by atoms with van der Waals surface area (Å²) < 4.78 is 7.33. The van der Waals surface area contributed by atoms with Gasteiger partial charge in [-0.3, -0.25) is 0 Å². The molecule has 0 amide bonds. The monoisotopic (exact) mass is 167 g/mol. The fourth-order valence-corrected chi connectivity index (χ4v) is 1.64. The summed E-state index contributed by atoms with van der Waals surface area (Å²) in [6.07, 6.45) is 0.938. The van der Waals surface area contributed by atoms with Gasteiger partial charge in [0.2, 0.25) is 5.95 Å². The molecule has 66 valence electrons. The van der Waals surface area contributed by atoms with E-state index in [1.165, 1.54) is 5.69 Å². The van der Waals surface area contributed by atoms with Crippen LogP contribution in [-0.4, -0.2) is 16.2 Å². The van der Waals surface area contributed by atoms with Crippen molar-refractivity contribution in [2.45, 2.75) is 26.5 Å². The Morgan fingerprint density at radius 1 is 1.67 bits per heavy atom. The maximum absolute atomic E-state index is 5.73. The van der Waals surface area contributed by atoms with Gasteiger partial charge in [-0.25, -0.2) is 4.98 Å². The number of imidazole rings is 1. The van der Waals surface area contributed by atoms with Crippen LogP contribution in [0, 0.1) is 0 Å². The molecule has 2 rings (SSSR count). The van der Waals surface area contributed by atoms with E-state index in [-0.39, 0.29) is 0 Å². The minimum absolute atomic E-state index is 0.618. The van der Waals surface area contributed by atoms with Crippen molar-refractivity contribution in [1.29, 1.82) is 0 Å². The molecular formula is C8H13N3O. The lowest BCUT2D eigenvalue weighted by Gasteiger charge is -2.13. The van der Waals surface area contributed by atoms with Gasteiger partial charge in [0, 0.05) is 18.7 Å². The number of anilines is 1. The predicted octanol–water partition coefficient (Wildman–Crippen LogP) is 0.558. The van der Waals surface area contributed by atoms with Crippen molar-refractivity contribution in [3.05, 3.63) is 11.4 Å². The molecule has 1 aliphatic rings. The lowest BCUT2D eigenvalue weighted by Crippen LogP contribution is -2.13. The van der Waals surface area contributed by atoms with Gasteiger partial charge in [-0.15, -0.1) is 0 Å². The van der Waals surface area contributed by atoms with Crippen molar-refractivity contribution in [3.8, 4) is 0 Å². The van der Waals surface area contributed by atoms with Gasteiger partial charge in [-0.2, -0.15) is 0 Å². The van der Waals surface area contributed by atoms with Crippen molar-refractivity contribution >= 4 is 5.95 Å². The SMILES string of the molecule is CCn1c(N)nc2c1CCOC2. The molecule has 12 heavy (non-hydrogen) atoms. The number of ether oxygens (including phenoxy) is 1. The molecule has 0 unspecified atom stereocenters. The Kier molecular flexibility index (Phi) is 1.77.